The van der Waals surface area contributed by atoms with Crippen LogP contribution in [0.15, 0.2) is 46.9 Å². The lowest BCUT2D eigenvalue weighted by Crippen LogP contribution is -2.39. The minimum Gasteiger partial charge on any atom is -0.494 e. The Kier molecular flexibility index (Phi) is 10.8. The molecular formula is C31H40ClNO5. The molecule has 1 saturated heterocycles. The number of ether oxygens (including phenoxy) is 2. The van der Waals surface area contributed by atoms with Gasteiger partial charge in [0.15, 0.2) is 5.78 Å². The van der Waals surface area contributed by atoms with E-state index in [0.29, 0.717) is 46.4 Å². The summed E-state index contributed by atoms with van der Waals surface area (Å²) in [7, 11) is 1.35. The second-order valence-corrected chi connectivity index (χ2v) is 10.5. The SMILES string of the molecule is CCCCc1oc2cc(C(=O)OC)ccc2c1C(=O)c1ccc(OCCCN2C[C@H](C)C[C@H](C)C2)cc1.Cl. The van der Waals surface area contributed by atoms with Crippen LogP contribution in [0.1, 0.15) is 78.5 Å². The Morgan fingerprint density at radius 1 is 1.00 bits per heavy atom. The van der Waals surface area contributed by atoms with Crippen LogP contribution in [0.3, 0.4) is 0 Å². The van der Waals surface area contributed by atoms with Crippen LogP contribution >= 0.6 is 12.4 Å². The number of carbonyl (C=O) groups excluding carboxylic acids is 2. The van der Waals surface area contributed by atoms with Gasteiger partial charge >= 0.3 is 5.97 Å². The van der Waals surface area contributed by atoms with Gasteiger partial charge in [-0.15, -0.1) is 12.4 Å². The third-order valence-electron chi connectivity index (χ3n) is 7.12. The first kappa shape index (κ1) is 29.7. The van der Waals surface area contributed by atoms with E-state index in [4.69, 9.17) is 13.9 Å². The largest absolute Gasteiger partial charge is 0.494 e. The molecule has 2 aromatic carbocycles. The average Bonchev–Trinajstić information content (AvgIpc) is 3.26. The van der Waals surface area contributed by atoms with Crippen molar-refractivity contribution in [2.75, 3.05) is 33.4 Å². The zero-order valence-corrected chi connectivity index (χ0v) is 23.8. The molecule has 7 heteroatoms. The number of benzene rings is 2. The molecule has 4 rings (SSSR count). The number of hydrogen-bond donors (Lipinski definition) is 0. The average molecular weight is 542 g/mol. The fourth-order valence-electron chi connectivity index (χ4n) is 5.45. The molecule has 2 heterocycles. The van der Waals surface area contributed by atoms with Crippen molar-refractivity contribution in [3.05, 3.63) is 64.9 Å². The summed E-state index contributed by atoms with van der Waals surface area (Å²) in [6.07, 6.45) is 4.86. The van der Waals surface area contributed by atoms with Crippen molar-refractivity contribution in [3.8, 4) is 5.75 Å². The maximum atomic E-state index is 13.6. The Morgan fingerprint density at radius 3 is 2.34 bits per heavy atom. The first-order valence-corrected chi connectivity index (χ1v) is 13.5. The summed E-state index contributed by atoms with van der Waals surface area (Å²) in [4.78, 5) is 28.1. The van der Waals surface area contributed by atoms with Gasteiger partial charge in [0, 0.05) is 37.0 Å². The molecule has 0 bridgehead atoms. The van der Waals surface area contributed by atoms with E-state index >= 15 is 0 Å². The summed E-state index contributed by atoms with van der Waals surface area (Å²) >= 11 is 0. The van der Waals surface area contributed by atoms with E-state index in [-0.39, 0.29) is 18.2 Å². The molecule has 206 valence electrons. The number of ketones is 1. The molecule has 2 atom stereocenters. The van der Waals surface area contributed by atoms with E-state index in [0.717, 1.165) is 43.4 Å². The summed E-state index contributed by atoms with van der Waals surface area (Å²) in [6, 6.07) is 12.5. The van der Waals surface area contributed by atoms with Gasteiger partial charge in [-0.2, -0.15) is 0 Å². The highest BCUT2D eigenvalue weighted by molar-refractivity contribution is 6.17. The van der Waals surface area contributed by atoms with Gasteiger partial charge in [0.2, 0.25) is 0 Å². The first-order chi connectivity index (χ1) is 17.9. The standard InChI is InChI=1S/C31H39NO5.ClH/c1-5-6-8-27-29(26-14-11-24(31(34)35-4)18-28(26)37-27)30(33)23-9-12-25(13-10-23)36-16-7-15-32-19-21(2)17-22(3)20-32;/h9-14,18,21-22H,5-8,15-17,19-20H2,1-4H3;1H/t21-,22+;. The van der Waals surface area contributed by atoms with Gasteiger partial charge in [-0.1, -0.05) is 27.2 Å². The van der Waals surface area contributed by atoms with Gasteiger partial charge < -0.3 is 18.8 Å². The Morgan fingerprint density at radius 2 is 1.68 bits per heavy atom. The minimum absolute atomic E-state index is 0. The smallest absolute Gasteiger partial charge is 0.337 e. The van der Waals surface area contributed by atoms with Gasteiger partial charge in [0.25, 0.3) is 0 Å². The Hall–Kier alpha value is -2.83. The number of unbranched alkanes of at least 4 members (excludes halogenated alkanes) is 1. The number of likely N-dealkylation sites (tertiary alicyclic amines) is 1. The number of methoxy groups -OCH3 is 1. The van der Waals surface area contributed by atoms with Crippen LogP contribution < -0.4 is 4.74 Å². The number of piperidine rings is 1. The zero-order chi connectivity index (χ0) is 26.4. The van der Waals surface area contributed by atoms with E-state index in [9.17, 15) is 9.59 Å². The quantitative estimate of drug-likeness (QED) is 0.148. The first-order valence-electron chi connectivity index (χ1n) is 13.5. The molecule has 0 N–H and O–H groups in total. The molecule has 1 aliphatic heterocycles. The summed E-state index contributed by atoms with van der Waals surface area (Å²) in [6.45, 7) is 10.8. The minimum atomic E-state index is -0.433. The molecule has 1 aliphatic rings. The van der Waals surface area contributed by atoms with Crippen LogP contribution in [-0.2, 0) is 11.2 Å². The van der Waals surface area contributed by atoms with Crippen molar-refractivity contribution in [2.24, 2.45) is 11.8 Å². The van der Waals surface area contributed by atoms with Gasteiger partial charge in [0.1, 0.15) is 17.1 Å². The van der Waals surface area contributed by atoms with Gasteiger partial charge in [-0.25, -0.2) is 4.79 Å². The van der Waals surface area contributed by atoms with Crippen LogP contribution in [0.5, 0.6) is 5.75 Å². The van der Waals surface area contributed by atoms with E-state index in [1.807, 2.05) is 24.3 Å². The molecule has 1 aromatic heterocycles. The number of nitrogens with zero attached hydrogens (tertiary/aromatic N) is 1. The Labute approximate surface area is 232 Å². The van der Waals surface area contributed by atoms with Crippen LogP contribution in [0.25, 0.3) is 11.0 Å². The van der Waals surface area contributed by atoms with E-state index in [1.54, 1.807) is 18.2 Å². The third kappa shape index (κ3) is 7.17. The number of hydrogen-bond acceptors (Lipinski definition) is 6. The van der Waals surface area contributed by atoms with Gasteiger partial charge in [-0.05, 0) is 73.6 Å². The molecule has 0 radical (unpaired) electrons. The number of furan rings is 1. The second kappa shape index (κ2) is 13.8. The monoisotopic (exact) mass is 541 g/mol. The molecule has 0 saturated carbocycles. The molecule has 6 nitrogen and oxygen atoms in total. The maximum Gasteiger partial charge on any atom is 0.337 e. The van der Waals surface area contributed by atoms with Crippen molar-refractivity contribution in [3.63, 3.8) is 0 Å². The molecule has 3 aromatic rings. The number of carbonyl (C=O) groups is 2. The molecule has 0 aliphatic carbocycles. The van der Waals surface area contributed by atoms with Gasteiger partial charge in [0.05, 0.1) is 24.8 Å². The van der Waals surface area contributed by atoms with Crippen LogP contribution in [-0.4, -0.2) is 50.0 Å². The lowest BCUT2D eigenvalue weighted by molar-refractivity contribution is 0.0600. The number of halogens is 1. The summed E-state index contributed by atoms with van der Waals surface area (Å²) < 4.78 is 16.9. The highest BCUT2D eigenvalue weighted by Gasteiger charge is 2.23. The second-order valence-electron chi connectivity index (χ2n) is 10.5. The van der Waals surface area contributed by atoms with Gasteiger partial charge in [-0.3, -0.25) is 4.79 Å². The normalized spacial score (nSPS) is 17.7. The third-order valence-corrected chi connectivity index (χ3v) is 7.12. The van der Waals surface area contributed by atoms with Crippen molar-refractivity contribution in [1.29, 1.82) is 0 Å². The van der Waals surface area contributed by atoms with Crippen molar-refractivity contribution in [1.82, 2.24) is 4.90 Å². The van der Waals surface area contributed by atoms with E-state index in [2.05, 4.69) is 25.7 Å². The highest BCUT2D eigenvalue weighted by atomic mass is 35.5. The number of esters is 1. The van der Waals surface area contributed by atoms with Crippen LogP contribution in [0, 0.1) is 11.8 Å². The fourth-order valence-corrected chi connectivity index (χ4v) is 5.45. The molecule has 1 fully saturated rings. The maximum absolute atomic E-state index is 13.6. The summed E-state index contributed by atoms with van der Waals surface area (Å²) in [5.41, 5.74) is 2.07. The van der Waals surface area contributed by atoms with E-state index in [1.165, 1.54) is 26.6 Å². The van der Waals surface area contributed by atoms with Crippen molar-refractivity contribution < 1.29 is 23.5 Å². The summed E-state index contributed by atoms with van der Waals surface area (Å²) in [5.74, 6) is 2.43. The topological polar surface area (TPSA) is 69.0 Å². The van der Waals surface area contributed by atoms with Crippen molar-refractivity contribution >= 4 is 35.1 Å². The number of fused-ring (bicyclic) bond motifs is 1. The Balaban J connectivity index is 0.00000400. The molecule has 0 amide bonds. The summed E-state index contributed by atoms with van der Waals surface area (Å²) in [5, 5.41) is 0.713. The lowest BCUT2D eigenvalue weighted by Gasteiger charge is -2.34. The zero-order valence-electron chi connectivity index (χ0n) is 23.0. The fraction of sp³-hybridized carbons (Fsp3) is 0.484. The molecule has 0 spiro atoms. The van der Waals surface area contributed by atoms with Crippen LogP contribution in [0.2, 0.25) is 0 Å². The highest BCUT2D eigenvalue weighted by Crippen LogP contribution is 2.31. The lowest BCUT2D eigenvalue weighted by atomic mass is 9.92. The Bertz CT molecular complexity index is 1210. The predicted molar refractivity (Wildman–Crippen MR) is 153 cm³/mol. The predicted octanol–water partition coefficient (Wildman–Crippen LogP) is 6.96. The molecule has 38 heavy (non-hydrogen) atoms. The molecule has 0 unspecified atom stereocenters. The number of aryl methyl sites for hydroxylation is 1. The van der Waals surface area contributed by atoms with Crippen LogP contribution in [0.4, 0.5) is 0 Å². The molecular weight excluding hydrogens is 502 g/mol. The van der Waals surface area contributed by atoms with E-state index < -0.39 is 5.97 Å². The van der Waals surface area contributed by atoms with Crippen molar-refractivity contribution in [2.45, 2.75) is 52.9 Å². The number of rotatable bonds is 11.